The van der Waals surface area contributed by atoms with E-state index in [0.29, 0.717) is 12.0 Å². The highest BCUT2D eigenvalue weighted by Crippen LogP contribution is 2.24. The van der Waals surface area contributed by atoms with Crippen molar-refractivity contribution in [2.45, 2.75) is 6.42 Å². The van der Waals surface area contributed by atoms with Gasteiger partial charge in [-0.1, -0.05) is 36.4 Å². The van der Waals surface area contributed by atoms with Gasteiger partial charge in [-0.3, -0.25) is 4.79 Å². The average molecular weight is 253 g/mol. The van der Waals surface area contributed by atoms with Gasteiger partial charge in [0.15, 0.2) is 0 Å². The predicted octanol–water partition coefficient (Wildman–Crippen LogP) is 3.15. The normalized spacial score (nSPS) is 15.4. The Kier molecular flexibility index (Phi) is 2.88. The Labute approximate surface area is 110 Å². The maximum absolute atomic E-state index is 12.8. The fourth-order valence-corrected chi connectivity index (χ4v) is 2.17. The fourth-order valence-electron chi connectivity index (χ4n) is 2.17. The molecule has 0 aliphatic carbocycles. The highest BCUT2D eigenvalue weighted by atomic mass is 19.1. The number of fused-ring (bicyclic) bond motifs is 1. The number of nitrogens with one attached hydrogen (secondary N) is 1. The fraction of sp³-hybridized carbons (Fsp3) is 0.0625. The van der Waals surface area contributed by atoms with Crippen molar-refractivity contribution in [2.75, 3.05) is 0 Å². The Morgan fingerprint density at radius 3 is 2.42 bits per heavy atom. The lowest BCUT2D eigenvalue weighted by atomic mass is 10.1. The molecule has 0 unspecified atom stereocenters. The van der Waals surface area contributed by atoms with Crippen LogP contribution in [0, 0.1) is 5.82 Å². The lowest BCUT2D eigenvalue weighted by Crippen LogP contribution is -2.12. The molecule has 2 nitrogen and oxygen atoms in total. The van der Waals surface area contributed by atoms with Crippen molar-refractivity contribution in [3.05, 3.63) is 77.1 Å². The van der Waals surface area contributed by atoms with Crippen LogP contribution in [0.1, 0.15) is 21.5 Å². The van der Waals surface area contributed by atoms with Gasteiger partial charge in [0.2, 0.25) is 0 Å². The van der Waals surface area contributed by atoms with Gasteiger partial charge in [0, 0.05) is 16.8 Å². The molecule has 1 N–H and O–H groups in total. The van der Waals surface area contributed by atoms with Crippen molar-refractivity contribution in [1.82, 2.24) is 5.32 Å². The van der Waals surface area contributed by atoms with E-state index >= 15 is 0 Å². The van der Waals surface area contributed by atoms with Gasteiger partial charge in [-0.25, -0.2) is 4.39 Å². The second kappa shape index (κ2) is 4.69. The minimum atomic E-state index is -0.240. The molecule has 1 amide bonds. The molecule has 2 aromatic rings. The van der Waals surface area contributed by atoms with Crippen LogP contribution < -0.4 is 5.32 Å². The summed E-state index contributed by atoms with van der Waals surface area (Å²) in [6.45, 7) is 0. The van der Waals surface area contributed by atoms with Crippen molar-refractivity contribution >= 4 is 11.6 Å². The molecule has 0 atom stereocenters. The zero-order valence-electron chi connectivity index (χ0n) is 10.2. The molecular formula is C16H12FNO. The van der Waals surface area contributed by atoms with E-state index in [0.717, 1.165) is 16.8 Å². The minimum absolute atomic E-state index is 0.0686. The molecular weight excluding hydrogens is 241 g/mol. The first kappa shape index (κ1) is 11.7. The molecule has 19 heavy (non-hydrogen) atoms. The van der Waals surface area contributed by atoms with Crippen LogP contribution in [0.5, 0.6) is 0 Å². The quantitative estimate of drug-likeness (QED) is 0.875. The summed E-state index contributed by atoms with van der Waals surface area (Å²) >= 11 is 0. The number of halogens is 1. The maximum Gasteiger partial charge on any atom is 0.256 e. The molecule has 1 aliphatic heterocycles. The second-order valence-electron chi connectivity index (χ2n) is 4.45. The number of carbonyl (C=O) groups excluding carboxylic acids is 1. The van der Waals surface area contributed by atoms with Crippen LogP contribution in [0.2, 0.25) is 0 Å². The van der Waals surface area contributed by atoms with Gasteiger partial charge in [0.1, 0.15) is 5.82 Å². The summed E-state index contributed by atoms with van der Waals surface area (Å²) in [6, 6.07) is 13.9. The highest BCUT2D eigenvalue weighted by Gasteiger charge is 2.22. The smallest absolute Gasteiger partial charge is 0.256 e. The molecule has 94 valence electrons. The summed E-state index contributed by atoms with van der Waals surface area (Å²) in [5, 5.41) is 2.85. The zero-order chi connectivity index (χ0) is 13.2. The molecule has 0 saturated heterocycles. The number of allylic oxidation sites excluding steroid dienone is 1. The van der Waals surface area contributed by atoms with E-state index in [1.807, 2.05) is 30.3 Å². The summed E-state index contributed by atoms with van der Waals surface area (Å²) < 4.78 is 12.8. The Hall–Kier alpha value is -2.42. The molecule has 0 spiro atoms. The molecule has 1 aliphatic rings. The topological polar surface area (TPSA) is 29.1 Å². The number of benzene rings is 2. The molecule has 0 bridgehead atoms. The first-order valence-corrected chi connectivity index (χ1v) is 6.09. The zero-order valence-corrected chi connectivity index (χ0v) is 10.2. The number of amides is 1. The van der Waals surface area contributed by atoms with E-state index in [1.165, 1.54) is 12.1 Å². The average Bonchev–Trinajstić information content (AvgIpc) is 2.76. The van der Waals surface area contributed by atoms with E-state index < -0.39 is 0 Å². The molecule has 3 heteroatoms. The molecule has 3 rings (SSSR count). The standard InChI is InChI=1S/C16H12FNO/c17-12-8-5-11(6-9-12)7-10-15-13-3-1-2-4-14(13)16(19)18-15/h1-6,8-10H,7H2,(H,18,19). The molecule has 2 aromatic carbocycles. The summed E-state index contributed by atoms with van der Waals surface area (Å²) in [5.74, 6) is -0.308. The summed E-state index contributed by atoms with van der Waals surface area (Å²) in [7, 11) is 0. The molecule has 0 fully saturated rings. The number of hydrogen-bond donors (Lipinski definition) is 1. The number of rotatable bonds is 2. The van der Waals surface area contributed by atoms with Gasteiger partial charge in [-0.05, 0) is 30.2 Å². The first-order chi connectivity index (χ1) is 9.24. The summed E-state index contributed by atoms with van der Waals surface area (Å²) in [5.41, 5.74) is 3.46. The third kappa shape index (κ3) is 2.27. The van der Waals surface area contributed by atoms with Crippen LogP contribution in [0.25, 0.3) is 5.70 Å². The molecule has 0 aromatic heterocycles. The van der Waals surface area contributed by atoms with Crippen LogP contribution in [0.4, 0.5) is 4.39 Å². The Bertz CT molecular complexity index is 659. The van der Waals surface area contributed by atoms with E-state index in [2.05, 4.69) is 5.32 Å². The summed E-state index contributed by atoms with van der Waals surface area (Å²) in [4.78, 5) is 11.7. The largest absolute Gasteiger partial charge is 0.322 e. The number of carbonyl (C=O) groups is 1. The lowest BCUT2D eigenvalue weighted by Gasteiger charge is -2.01. The Morgan fingerprint density at radius 1 is 1.00 bits per heavy atom. The van der Waals surface area contributed by atoms with Crippen LogP contribution >= 0.6 is 0 Å². The molecule has 0 saturated carbocycles. The molecule has 1 heterocycles. The predicted molar refractivity (Wildman–Crippen MR) is 72.0 cm³/mol. The molecule has 0 radical (unpaired) electrons. The van der Waals surface area contributed by atoms with Gasteiger partial charge in [0.05, 0.1) is 0 Å². The van der Waals surface area contributed by atoms with E-state index in [1.54, 1.807) is 12.1 Å². The van der Waals surface area contributed by atoms with Crippen LogP contribution in [0.15, 0.2) is 54.6 Å². The van der Waals surface area contributed by atoms with Crippen LogP contribution in [-0.2, 0) is 6.42 Å². The third-order valence-corrected chi connectivity index (χ3v) is 3.17. The van der Waals surface area contributed by atoms with Crippen molar-refractivity contribution in [2.24, 2.45) is 0 Å². The minimum Gasteiger partial charge on any atom is -0.322 e. The van der Waals surface area contributed by atoms with Crippen molar-refractivity contribution in [3.8, 4) is 0 Å². The second-order valence-corrected chi connectivity index (χ2v) is 4.45. The van der Waals surface area contributed by atoms with E-state index in [4.69, 9.17) is 0 Å². The Balaban J connectivity index is 1.86. The number of hydrogen-bond acceptors (Lipinski definition) is 1. The van der Waals surface area contributed by atoms with Gasteiger partial charge >= 0.3 is 0 Å². The van der Waals surface area contributed by atoms with E-state index in [9.17, 15) is 9.18 Å². The Morgan fingerprint density at radius 2 is 1.68 bits per heavy atom. The van der Waals surface area contributed by atoms with Crippen molar-refractivity contribution in [1.29, 1.82) is 0 Å². The third-order valence-electron chi connectivity index (χ3n) is 3.17. The SMILES string of the molecule is O=C1NC(=CCc2ccc(F)cc2)c2ccccc21. The summed E-state index contributed by atoms with van der Waals surface area (Å²) in [6.07, 6.45) is 2.61. The maximum atomic E-state index is 12.8. The van der Waals surface area contributed by atoms with E-state index in [-0.39, 0.29) is 11.7 Å². The van der Waals surface area contributed by atoms with Gasteiger partial charge in [-0.15, -0.1) is 0 Å². The van der Waals surface area contributed by atoms with Gasteiger partial charge in [0.25, 0.3) is 5.91 Å². The highest BCUT2D eigenvalue weighted by molar-refractivity contribution is 6.09. The van der Waals surface area contributed by atoms with Crippen molar-refractivity contribution in [3.63, 3.8) is 0 Å². The van der Waals surface area contributed by atoms with Gasteiger partial charge < -0.3 is 5.32 Å². The van der Waals surface area contributed by atoms with Crippen LogP contribution in [-0.4, -0.2) is 5.91 Å². The monoisotopic (exact) mass is 253 g/mol. The van der Waals surface area contributed by atoms with Gasteiger partial charge in [-0.2, -0.15) is 0 Å². The van der Waals surface area contributed by atoms with Crippen molar-refractivity contribution < 1.29 is 9.18 Å². The lowest BCUT2D eigenvalue weighted by molar-refractivity contribution is 0.0981. The van der Waals surface area contributed by atoms with Crippen LogP contribution in [0.3, 0.4) is 0 Å². The first-order valence-electron chi connectivity index (χ1n) is 6.09.